The summed E-state index contributed by atoms with van der Waals surface area (Å²) in [7, 11) is 0. The van der Waals surface area contributed by atoms with Gasteiger partial charge in [0.2, 0.25) is 5.91 Å². The quantitative estimate of drug-likeness (QED) is 0.801. The number of H-pyrrole nitrogens is 1. The van der Waals surface area contributed by atoms with E-state index in [0.29, 0.717) is 5.56 Å². The van der Waals surface area contributed by atoms with Gasteiger partial charge < -0.3 is 5.73 Å². The molecule has 2 aromatic rings. The summed E-state index contributed by atoms with van der Waals surface area (Å²) in [6.07, 6.45) is 3.54. The van der Waals surface area contributed by atoms with Crippen molar-refractivity contribution in [3.05, 3.63) is 41.2 Å². The lowest BCUT2D eigenvalue weighted by Gasteiger charge is -2.10. The molecule has 2 rings (SSSR count). The van der Waals surface area contributed by atoms with Crippen LogP contribution < -0.4 is 5.73 Å². The van der Waals surface area contributed by atoms with Crippen LogP contribution in [0.5, 0.6) is 0 Å². The average molecular weight is 215 g/mol. The van der Waals surface area contributed by atoms with Crippen LogP contribution in [0, 0.1) is 13.8 Å². The number of carbonyl (C=O) groups is 1. The Bertz CT molecular complexity index is 529. The number of amides is 1. The van der Waals surface area contributed by atoms with Crippen LogP contribution in [0.3, 0.4) is 0 Å². The number of nitrogens with zero attached hydrogens (tertiary/aromatic N) is 1. The molecular weight excluding hydrogens is 202 g/mol. The number of aromatic amines is 1. The minimum absolute atomic E-state index is 0.401. The van der Waals surface area contributed by atoms with Gasteiger partial charge in [-0.25, -0.2) is 0 Å². The summed E-state index contributed by atoms with van der Waals surface area (Å²) >= 11 is 0. The molecule has 3 N–H and O–H groups in total. The molecule has 16 heavy (non-hydrogen) atoms. The van der Waals surface area contributed by atoms with Gasteiger partial charge in [-0.3, -0.25) is 9.89 Å². The molecule has 82 valence electrons. The van der Waals surface area contributed by atoms with Crippen LogP contribution in [0.4, 0.5) is 0 Å². The fourth-order valence-corrected chi connectivity index (χ4v) is 1.95. The molecule has 1 aromatic heterocycles. The fraction of sp³-hybridized carbons (Fsp3) is 0.167. The maximum absolute atomic E-state index is 11.3. The van der Waals surface area contributed by atoms with E-state index in [1.807, 2.05) is 19.9 Å². The predicted molar refractivity (Wildman–Crippen MR) is 62.0 cm³/mol. The molecule has 0 aliphatic heterocycles. The largest absolute Gasteiger partial charge is 0.366 e. The van der Waals surface area contributed by atoms with Crippen molar-refractivity contribution in [2.24, 2.45) is 5.73 Å². The van der Waals surface area contributed by atoms with Gasteiger partial charge in [-0.2, -0.15) is 5.10 Å². The van der Waals surface area contributed by atoms with Gasteiger partial charge in [-0.1, -0.05) is 6.07 Å². The smallest absolute Gasteiger partial charge is 0.248 e. The van der Waals surface area contributed by atoms with Crippen molar-refractivity contribution >= 4 is 5.91 Å². The van der Waals surface area contributed by atoms with E-state index in [0.717, 1.165) is 22.3 Å². The average Bonchev–Trinajstić information content (AvgIpc) is 2.70. The van der Waals surface area contributed by atoms with E-state index >= 15 is 0 Å². The Hall–Kier alpha value is -2.10. The van der Waals surface area contributed by atoms with E-state index in [1.165, 1.54) is 0 Å². The Morgan fingerprint density at radius 2 is 2.12 bits per heavy atom. The number of nitrogens with one attached hydrogen (secondary N) is 1. The highest BCUT2D eigenvalue weighted by molar-refractivity contribution is 5.96. The first-order valence-corrected chi connectivity index (χ1v) is 5.00. The topological polar surface area (TPSA) is 71.8 Å². The molecule has 0 aliphatic rings. The molecule has 0 saturated carbocycles. The van der Waals surface area contributed by atoms with E-state index in [2.05, 4.69) is 10.2 Å². The van der Waals surface area contributed by atoms with Gasteiger partial charge in [0.1, 0.15) is 0 Å². The number of rotatable bonds is 2. The second-order valence-corrected chi connectivity index (χ2v) is 3.78. The predicted octanol–water partition coefficient (Wildman–Crippen LogP) is 1.79. The Kier molecular flexibility index (Phi) is 2.48. The second-order valence-electron chi connectivity index (χ2n) is 3.78. The first kappa shape index (κ1) is 10.4. The van der Waals surface area contributed by atoms with E-state index in [9.17, 15) is 4.79 Å². The molecular formula is C12H13N3O. The zero-order valence-electron chi connectivity index (χ0n) is 9.24. The van der Waals surface area contributed by atoms with Gasteiger partial charge >= 0.3 is 0 Å². The summed E-state index contributed by atoms with van der Waals surface area (Å²) in [5.41, 5.74) is 9.87. The normalized spacial score (nSPS) is 10.4. The summed E-state index contributed by atoms with van der Waals surface area (Å²) in [5.74, 6) is -0.401. The summed E-state index contributed by atoms with van der Waals surface area (Å²) in [4.78, 5) is 11.3. The zero-order chi connectivity index (χ0) is 11.7. The Labute approximate surface area is 93.5 Å². The highest BCUT2D eigenvalue weighted by Gasteiger charge is 2.13. The van der Waals surface area contributed by atoms with E-state index in [1.54, 1.807) is 18.5 Å². The lowest BCUT2D eigenvalue weighted by Crippen LogP contribution is -2.13. The Balaban J connectivity index is 2.69. The molecule has 4 heteroatoms. The van der Waals surface area contributed by atoms with Gasteiger partial charge in [0.25, 0.3) is 0 Å². The highest BCUT2D eigenvalue weighted by Crippen LogP contribution is 2.28. The molecule has 0 atom stereocenters. The molecule has 0 spiro atoms. The third-order valence-electron chi connectivity index (χ3n) is 2.73. The minimum Gasteiger partial charge on any atom is -0.366 e. The maximum Gasteiger partial charge on any atom is 0.248 e. The third kappa shape index (κ3) is 1.58. The standard InChI is InChI=1S/C12H13N3O/c1-7-3-4-10(12(13)16)8(2)11(7)9-5-14-15-6-9/h3-6H,1-2H3,(H2,13,16)(H,14,15). The van der Waals surface area contributed by atoms with Crippen LogP contribution in [-0.4, -0.2) is 16.1 Å². The molecule has 0 aliphatic carbocycles. The van der Waals surface area contributed by atoms with E-state index in [-0.39, 0.29) is 0 Å². The molecule has 4 nitrogen and oxygen atoms in total. The van der Waals surface area contributed by atoms with Gasteiger partial charge in [0.15, 0.2) is 0 Å². The monoisotopic (exact) mass is 215 g/mol. The molecule has 0 saturated heterocycles. The molecule has 0 fully saturated rings. The van der Waals surface area contributed by atoms with E-state index < -0.39 is 5.91 Å². The lowest BCUT2D eigenvalue weighted by atomic mass is 9.94. The van der Waals surface area contributed by atoms with Crippen LogP contribution in [0.1, 0.15) is 21.5 Å². The Morgan fingerprint density at radius 1 is 1.38 bits per heavy atom. The lowest BCUT2D eigenvalue weighted by molar-refractivity contribution is 0.1000. The molecule has 0 unspecified atom stereocenters. The summed E-state index contributed by atoms with van der Waals surface area (Å²) in [6, 6.07) is 3.66. The number of nitrogens with two attached hydrogens (primary N) is 1. The van der Waals surface area contributed by atoms with Crippen molar-refractivity contribution in [3.8, 4) is 11.1 Å². The number of benzene rings is 1. The molecule has 1 heterocycles. The van der Waals surface area contributed by atoms with Crippen molar-refractivity contribution in [2.45, 2.75) is 13.8 Å². The van der Waals surface area contributed by atoms with Crippen LogP contribution >= 0.6 is 0 Å². The van der Waals surface area contributed by atoms with Crippen LogP contribution in [0.25, 0.3) is 11.1 Å². The maximum atomic E-state index is 11.3. The van der Waals surface area contributed by atoms with Gasteiger partial charge in [0, 0.05) is 17.3 Å². The number of aromatic nitrogens is 2. The number of hydrogen-bond donors (Lipinski definition) is 2. The summed E-state index contributed by atoms with van der Waals surface area (Å²) < 4.78 is 0. The van der Waals surface area contributed by atoms with Crippen LogP contribution in [-0.2, 0) is 0 Å². The van der Waals surface area contributed by atoms with Gasteiger partial charge in [-0.15, -0.1) is 0 Å². The van der Waals surface area contributed by atoms with Crippen molar-refractivity contribution in [1.29, 1.82) is 0 Å². The number of primary amides is 1. The fourth-order valence-electron chi connectivity index (χ4n) is 1.95. The second kappa shape index (κ2) is 3.81. The van der Waals surface area contributed by atoms with Crippen molar-refractivity contribution in [3.63, 3.8) is 0 Å². The summed E-state index contributed by atoms with van der Waals surface area (Å²) in [6.45, 7) is 3.90. The molecule has 0 bridgehead atoms. The summed E-state index contributed by atoms with van der Waals surface area (Å²) in [5, 5.41) is 6.68. The van der Waals surface area contributed by atoms with E-state index in [4.69, 9.17) is 5.73 Å². The van der Waals surface area contributed by atoms with Crippen LogP contribution in [0.2, 0.25) is 0 Å². The van der Waals surface area contributed by atoms with Crippen molar-refractivity contribution < 1.29 is 4.79 Å². The third-order valence-corrected chi connectivity index (χ3v) is 2.73. The first-order valence-electron chi connectivity index (χ1n) is 5.00. The van der Waals surface area contributed by atoms with Crippen molar-refractivity contribution in [1.82, 2.24) is 10.2 Å². The van der Waals surface area contributed by atoms with Gasteiger partial charge in [0.05, 0.1) is 6.20 Å². The zero-order valence-corrected chi connectivity index (χ0v) is 9.24. The number of hydrogen-bond acceptors (Lipinski definition) is 2. The molecule has 1 aromatic carbocycles. The Morgan fingerprint density at radius 3 is 2.69 bits per heavy atom. The molecule has 1 amide bonds. The van der Waals surface area contributed by atoms with Gasteiger partial charge in [-0.05, 0) is 36.6 Å². The van der Waals surface area contributed by atoms with Crippen molar-refractivity contribution in [2.75, 3.05) is 0 Å². The number of aryl methyl sites for hydroxylation is 1. The molecule has 0 radical (unpaired) electrons. The highest BCUT2D eigenvalue weighted by atomic mass is 16.1. The SMILES string of the molecule is Cc1ccc(C(N)=O)c(C)c1-c1cn[nH]c1. The number of carbonyl (C=O) groups excluding carboxylic acids is 1. The van der Waals surface area contributed by atoms with Crippen LogP contribution in [0.15, 0.2) is 24.5 Å². The first-order chi connectivity index (χ1) is 7.61. The minimum atomic E-state index is -0.401.